The lowest BCUT2D eigenvalue weighted by Crippen LogP contribution is -2.37. The third kappa shape index (κ3) is 4.54. The standard InChI is InChI=1S/C15H16ClN3O2S/c1-2-7-17-13(20)8-18-14(21)12-9-22-15(19-12)10-3-5-11(16)6-4-10/h3-6,9H,2,7-8H2,1H3,(H,17,20)(H,18,21). The third-order valence-corrected chi connectivity index (χ3v) is 3.95. The van der Waals surface area contributed by atoms with E-state index in [-0.39, 0.29) is 18.4 Å². The van der Waals surface area contributed by atoms with Crippen molar-refractivity contribution in [2.75, 3.05) is 13.1 Å². The third-order valence-electron chi connectivity index (χ3n) is 2.81. The molecule has 1 aromatic heterocycles. The van der Waals surface area contributed by atoms with Crippen LogP contribution < -0.4 is 10.6 Å². The summed E-state index contributed by atoms with van der Waals surface area (Å²) < 4.78 is 0. The first-order valence-corrected chi connectivity index (χ1v) is 8.12. The van der Waals surface area contributed by atoms with Gasteiger partial charge in [0.1, 0.15) is 10.7 Å². The van der Waals surface area contributed by atoms with Crippen LogP contribution in [0.3, 0.4) is 0 Å². The monoisotopic (exact) mass is 337 g/mol. The van der Waals surface area contributed by atoms with Gasteiger partial charge in [-0.05, 0) is 18.6 Å². The van der Waals surface area contributed by atoms with Crippen molar-refractivity contribution < 1.29 is 9.59 Å². The Morgan fingerprint density at radius 2 is 1.95 bits per heavy atom. The lowest BCUT2D eigenvalue weighted by atomic mass is 10.2. The lowest BCUT2D eigenvalue weighted by molar-refractivity contribution is -0.120. The number of halogens is 1. The Balaban J connectivity index is 1.94. The van der Waals surface area contributed by atoms with E-state index >= 15 is 0 Å². The zero-order valence-electron chi connectivity index (χ0n) is 12.1. The number of carbonyl (C=O) groups is 2. The molecule has 0 saturated carbocycles. The second kappa shape index (κ2) is 7.91. The quantitative estimate of drug-likeness (QED) is 0.851. The number of hydrogen-bond acceptors (Lipinski definition) is 4. The van der Waals surface area contributed by atoms with E-state index < -0.39 is 0 Å². The van der Waals surface area contributed by atoms with Gasteiger partial charge in [0.05, 0.1) is 6.54 Å². The van der Waals surface area contributed by atoms with Gasteiger partial charge in [-0.3, -0.25) is 9.59 Å². The van der Waals surface area contributed by atoms with Crippen LogP contribution in [-0.2, 0) is 4.79 Å². The molecule has 2 amide bonds. The molecule has 5 nitrogen and oxygen atoms in total. The van der Waals surface area contributed by atoms with Gasteiger partial charge in [0.15, 0.2) is 0 Å². The number of amides is 2. The topological polar surface area (TPSA) is 71.1 Å². The summed E-state index contributed by atoms with van der Waals surface area (Å²) >= 11 is 7.21. The summed E-state index contributed by atoms with van der Waals surface area (Å²) in [6.07, 6.45) is 0.857. The van der Waals surface area contributed by atoms with Gasteiger partial charge in [0.25, 0.3) is 5.91 Å². The molecule has 0 aliphatic heterocycles. The minimum Gasteiger partial charge on any atom is -0.355 e. The predicted octanol–water partition coefficient (Wildman–Crippen LogP) is 2.72. The maximum absolute atomic E-state index is 12.0. The number of nitrogens with zero attached hydrogens (tertiary/aromatic N) is 1. The molecule has 1 aromatic carbocycles. The van der Waals surface area contributed by atoms with Gasteiger partial charge in [-0.2, -0.15) is 0 Å². The molecule has 0 saturated heterocycles. The number of carbonyl (C=O) groups excluding carboxylic acids is 2. The number of nitrogens with one attached hydrogen (secondary N) is 2. The highest BCUT2D eigenvalue weighted by molar-refractivity contribution is 7.13. The summed E-state index contributed by atoms with van der Waals surface area (Å²) in [5.41, 5.74) is 1.20. The van der Waals surface area contributed by atoms with Crippen LogP contribution >= 0.6 is 22.9 Å². The SMILES string of the molecule is CCCNC(=O)CNC(=O)c1csc(-c2ccc(Cl)cc2)n1. The zero-order chi connectivity index (χ0) is 15.9. The van der Waals surface area contributed by atoms with E-state index in [4.69, 9.17) is 11.6 Å². The fourth-order valence-corrected chi connectivity index (χ4v) is 2.61. The minimum atomic E-state index is -0.358. The second-order valence-electron chi connectivity index (χ2n) is 4.58. The number of thiazole rings is 1. The normalized spacial score (nSPS) is 10.3. The van der Waals surface area contributed by atoms with E-state index in [9.17, 15) is 9.59 Å². The molecule has 0 bridgehead atoms. The molecular formula is C15H16ClN3O2S. The maximum atomic E-state index is 12.0. The average Bonchev–Trinajstić information content (AvgIpc) is 3.01. The first kappa shape index (κ1) is 16.5. The van der Waals surface area contributed by atoms with Gasteiger partial charge in [0, 0.05) is 22.5 Å². The van der Waals surface area contributed by atoms with Crippen LogP contribution in [0.2, 0.25) is 5.02 Å². The summed E-state index contributed by atoms with van der Waals surface area (Å²) in [6, 6.07) is 7.24. The van der Waals surface area contributed by atoms with E-state index in [1.54, 1.807) is 17.5 Å². The zero-order valence-corrected chi connectivity index (χ0v) is 13.6. The molecule has 2 aromatic rings. The highest BCUT2D eigenvalue weighted by atomic mass is 35.5. The summed E-state index contributed by atoms with van der Waals surface area (Å²) in [5, 5.41) is 8.30. The van der Waals surface area contributed by atoms with E-state index in [0.29, 0.717) is 17.3 Å². The largest absolute Gasteiger partial charge is 0.355 e. The van der Waals surface area contributed by atoms with Crippen molar-refractivity contribution >= 4 is 34.8 Å². The van der Waals surface area contributed by atoms with Crippen LogP contribution in [0.1, 0.15) is 23.8 Å². The Labute approximate surface area is 137 Å². The van der Waals surface area contributed by atoms with Crippen LogP contribution in [0.4, 0.5) is 0 Å². The van der Waals surface area contributed by atoms with Crippen LogP contribution in [0, 0.1) is 0 Å². The molecule has 7 heteroatoms. The van der Waals surface area contributed by atoms with E-state index in [0.717, 1.165) is 17.0 Å². The first-order chi connectivity index (χ1) is 10.6. The van der Waals surface area contributed by atoms with Crippen molar-refractivity contribution in [2.24, 2.45) is 0 Å². The van der Waals surface area contributed by atoms with Crippen LogP contribution in [0.25, 0.3) is 10.6 Å². The minimum absolute atomic E-state index is 0.0490. The van der Waals surface area contributed by atoms with Crippen molar-refractivity contribution in [2.45, 2.75) is 13.3 Å². The van der Waals surface area contributed by atoms with Crippen molar-refractivity contribution in [3.8, 4) is 10.6 Å². The molecule has 22 heavy (non-hydrogen) atoms. The van der Waals surface area contributed by atoms with Gasteiger partial charge in [-0.15, -0.1) is 11.3 Å². The Morgan fingerprint density at radius 3 is 2.64 bits per heavy atom. The molecule has 2 rings (SSSR count). The molecule has 0 spiro atoms. The Morgan fingerprint density at radius 1 is 1.23 bits per heavy atom. The van der Waals surface area contributed by atoms with E-state index in [1.165, 1.54) is 11.3 Å². The van der Waals surface area contributed by atoms with Crippen LogP contribution in [0.15, 0.2) is 29.6 Å². The fourth-order valence-electron chi connectivity index (χ4n) is 1.68. The highest BCUT2D eigenvalue weighted by Gasteiger charge is 2.12. The Kier molecular flexibility index (Phi) is 5.91. The Bertz CT molecular complexity index is 655. The van der Waals surface area contributed by atoms with Gasteiger partial charge in [0.2, 0.25) is 5.91 Å². The Hall–Kier alpha value is -1.92. The first-order valence-electron chi connectivity index (χ1n) is 6.86. The molecule has 0 fully saturated rings. The lowest BCUT2D eigenvalue weighted by Gasteiger charge is -2.04. The average molecular weight is 338 g/mol. The summed E-state index contributed by atoms with van der Waals surface area (Å²) in [6.45, 7) is 2.52. The second-order valence-corrected chi connectivity index (χ2v) is 5.87. The molecule has 116 valence electrons. The molecule has 1 heterocycles. The summed E-state index contributed by atoms with van der Waals surface area (Å²) in [4.78, 5) is 27.7. The fraction of sp³-hybridized carbons (Fsp3) is 0.267. The molecule has 0 unspecified atom stereocenters. The molecule has 2 N–H and O–H groups in total. The van der Waals surface area contributed by atoms with Crippen molar-refractivity contribution in [3.63, 3.8) is 0 Å². The number of aromatic nitrogens is 1. The van der Waals surface area contributed by atoms with Gasteiger partial charge in [-0.25, -0.2) is 4.98 Å². The number of rotatable bonds is 6. The van der Waals surface area contributed by atoms with Crippen molar-refractivity contribution in [3.05, 3.63) is 40.4 Å². The van der Waals surface area contributed by atoms with Gasteiger partial charge < -0.3 is 10.6 Å². The van der Waals surface area contributed by atoms with Crippen molar-refractivity contribution in [1.29, 1.82) is 0 Å². The molecule has 0 atom stereocenters. The van der Waals surface area contributed by atoms with E-state index in [1.807, 2.05) is 19.1 Å². The van der Waals surface area contributed by atoms with Crippen molar-refractivity contribution in [1.82, 2.24) is 15.6 Å². The predicted molar refractivity (Wildman–Crippen MR) is 88.2 cm³/mol. The highest BCUT2D eigenvalue weighted by Crippen LogP contribution is 2.24. The molecule has 0 radical (unpaired) electrons. The molecule has 0 aliphatic carbocycles. The smallest absolute Gasteiger partial charge is 0.271 e. The van der Waals surface area contributed by atoms with Crippen LogP contribution in [0.5, 0.6) is 0 Å². The summed E-state index contributed by atoms with van der Waals surface area (Å²) in [5.74, 6) is -0.563. The number of benzene rings is 1. The maximum Gasteiger partial charge on any atom is 0.271 e. The summed E-state index contributed by atoms with van der Waals surface area (Å²) in [7, 11) is 0. The van der Waals surface area contributed by atoms with Gasteiger partial charge >= 0.3 is 0 Å². The number of hydrogen-bond donors (Lipinski definition) is 2. The van der Waals surface area contributed by atoms with E-state index in [2.05, 4.69) is 15.6 Å². The van der Waals surface area contributed by atoms with Crippen LogP contribution in [-0.4, -0.2) is 29.9 Å². The van der Waals surface area contributed by atoms with Gasteiger partial charge in [-0.1, -0.05) is 30.7 Å². The molecular weight excluding hydrogens is 322 g/mol. The molecule has 0 aliphatic rings.